The molecule has 1 atom stereocenters. The number of nitrogens with one attached hydrogen (secondary N) is 2. The maximum atomic E-state index is 12.5. The Hall–Kier alpha value is -2.57. The summed E-state index contributed by atoms with van der Waals surface area (Å²) < 4.78 is 5.85. The van der Waals surface area contributed by atoms with E-state index in [1.165, 1.54) is 0 Å². The van der Waals surface area contributed by atoms with E-state index in [1.807, 2.05) is 51.2 Å². The molecule has 0 aliphatic heterocycles. The Kier molecular flexibility index (Phi) is 8.29. The molecule has 150 valence electrons. The molecule has 0 aromatic heterocycles. The van der Waals surface area contributed by atoms with Crippen LogP contribution in [0.4, 0.5) is 5.69 Å². The summed E-state index contributed by atoms with van der Waals surface area (Å²) in [6, 6.07) is 14.4. The van der Waals surface area contributed by atoms with Gasteiger partial charge in [-0.15, -0.1) is 0 Å². The highest BCUT2D eigenvalue weighted by atomic mass is 35.5. The molecule has 0 fully saturated rings. The van der Waals surface area contributed by atoms with Crippen molar-refractivity contribution in [3.05, 3.63) is 53.6 Å². The predicted octanol–water partition coefficient (Wildman–Crippen LogP) is 2.45. The van der Waals surface area contributed by atoms with Gasteiger partial charge in [-0.05, 0) is 44.2 Å². The second-order valence-corrected chi connectivity index (χ2v) is 6.92. The second kappa shape index (κ2) is 10.7. The van der Waals surface area contributed by atoms with Crippen LogP contribution in [0.5, 0.6) is 11.5 Å². The smallest absolute Gasteiger partial charge is 0.279 e. The van der Waals surface area contributed by atoms with E-state index in [2.05, 4.69) is 5.32 Å². The number of hydrogen-bond donors (Lipinski definition) is 2. The van der Waals surface area contributed by atoms with Crippen molar-refractivity contribution >= 4 is 29.1 Å². The number of carbonyl (C=O) groups is 2. The van der Waals surface area contributed by atoms with Crippen LogP contribution >= 0.6 is 11.6 Å². The summed E-state index contributed by atoms with van der Waals surface area (Å²) in [7, 11) is 1.82. The third kappa shape index (κ3) is 6.55. The van der Waals surface area contributed by atoms with Gasteiger partial charge in [0.15, 0.2) is 18.8 Å². The minimum Gasteiger partial charge on any atom is -0.455 e. The summed E-state index contributed by atoms with van der Waals surface area (Å²) in [5.74, 6) is 0.977. The average Bonchev–Trinajstić information content (AvgIpc) is 2.65. The number of benzene rings is 2. The Bertz CT molecular complexity index is 795. The highest BCUT2D eigenvalue weighted by molar-refractivity contribution is 6.31. The first-order valence-electron chi connectivity index (χ1n) is 9.34. The predicted molar refractivity (Wildman–Crippen MR) is 111 cm³/mol. The first-order valence-corrected chi connectivity index (χ1v) is 9.72. The highest BCUT2D eigenvalue weighted by Crippen LogP contribution is 2.31. The van der Waals surface area contributed by atoms with Gasteiger partial charge in [0.05, 0.1) is 12.7 Å². The molecular formula is C21H27ClN3O3+. The minimum atomic E-state index is -0.218. The van der Waals surface area contributed by atoms with Crippen molar-refractivity contribution in [3.63, 3.8) is 0 Å². The van der Waals surface area contributed by atoms with E-state index in [0.29, 0.717) is 35.3 Å². The lowest BCUT2D eigenvalue weighted by Gasteiger charge is -2.21. The molecule has 6 nitrogen and oxygen atoms in total. The normalized spacial score (nSPS) is 11.6. The topological polar surface area (TPSA) is 63.1 Å². The molecule has 2 N–H and O–H groups in total. The SMILES string of the molecule is CCN(CC)C(=O)C[NH+](C)CC(=O)Nc1cc(Cl)ccc1Oc1ccccc1. The summed E-state index contributed by atoms with van der Waals surface area (Å²) in [6.07, 6.45) is 0. The Labute approximate surface area is 171 Å². The molecule has 0 aliphatic rings. The number of amides is 2. The molecule has 0 heterocycles. The van der Waals surface area contributed by atoms with Gasteiger partial charge in [-0.25, -0.2) is 0 Å². The second-order valence-electron chi connectivity index (χ2n) is 6.48. The van der Waals surface area contributed by atoms with E-state index >= 15 is 0 Å². The van der Waals surface area contributed by atoms with Crippen molar-refractivity contribution in [1.29, 1.82) is 0 Å². The largest absolute Gasteiger partial charge is 0.455 e. The molecule has 0 bridgehead atoms. The van der Waals surface area contributed by atoms with Gasteiger partial charge in [0.2, 0.25) is 0 Å². The number of quaternary nitrogens is 1. The number of carbonyl (C=O) groups excluding carboxylic acids is 2. The van der Waals surface area contributed by atoms with E-state index in [-0.39, 0.29) is 24.9 Å². The third-order valence-corrected chi connectivity index (χ3v) is 4.45. The van der Waals surface area contributed by atoms with Crippen LogP contribution in [0.3, 0.4) is 0 Å². The molecule has 2 aromatic carbocycles. The molecule has 7 heteroatoms. The van der Waals surface area contributed by atoms with E-state index < -0.39 is 0 Å². The van der Waals surface area contributed by atoms with Gasteiger partial charge in [0.1, 0.15) is 5.75 Å². The quantitative estimate of drug-likeness (QED) is 0.674. The number of rotatable bonds is 9. The fraction of sp³-hybridized carbons (Fsp3) is 0.333. The summed E-state index contributed by atoms with van der Waals surface area (Å²) in [5, 5.41) is 3.33. The van der Waals surface area contributed by atoms with E-state index in [4.69, 9.17) is 16.3 Å². The monoisotopic (exact) mass is 404 g/mol. The number of hydrogen-bond acceptors (Lipinski definition) is 3. The molecule has 0 saturated heterocycles. The van der Waals surface area contributed by atoms with Crippen LogP contribution in [0.2, 0.25) is 5.02 Å². The molecule has 0 aliphatic carbocycles. The van der Waals surface area contributed by atoms with Crippen molar-refractivity contribution in [2.45, 2.75) is 13.8 Å². The van der Waals surface area contributed by atoms with Gasteiger partial charge in [0.25, 0.3) is 11.8 Å². The number of para-hydroxylation sites is 1. The first kappa shape index (κ1) is 21.7. The molecule has 0 spiro atoms. The first-order chi connectivity index (χ1) is 13.4. The van der Waals surface area contributed by atoms with E-state index in [0.717, 1.165) is 4.90 Å². The zero-order valence-electron chi connectivity index (χ0n) is 16.5. The minimum absolute atomic E-state index is 0.0335. The fourth-order valence-corrected chi connectivity index (χ4v) is 2.95. The lowest BCUT2D eigenvalue weighted by atomic mass is 10.2. The van der Waals surface area contributed by atoms with Gasteiger partial charge < -0.3 is 19.9 Å². The Morgan fingerprint density at radius 3 is 2.39 bits per heavy atom. The lowest BCUT2D eigenvalue weighted by Crippen LogP contribution is -3.11. The Morgan fingerprint density at radius 2 is 1.75 bits per heavy atom. The molecule has 2 amide bonds. The van der Waals surface area contributed by atoms with Gasteiger partial charge in [0, 0.05) is 18.1 Å². The average molecular weight is 405 g/mol. The van der Waals surface area contributed by atoms with Crippen LogP contribution in [0.1, 0.15) is 13.8 Å². The van der Waals surface area contributed by atoms with Crippen LogP contribution in [-0.2, 0) is 9.59 Å². The zero-order chi connectivity index (χ0) is 20.5. The fourth-order valence-electron chi connectivity index (χ4n) is 2.78. The number of halogens is 1. The number of likely N-dealkylation sites (N-methyl/N-ethyl adjacent to an activating group) is 2. The van der Waals surface area contributed by atoms with Gasteiger partial charge in [-0.2, -0.15) is 0 Å². The van der Waals surface area contributed by atoms with Gasteiger partial charge in [-0.1, -0.05) is 29.8 Å². The summed E-state index contributed by atoms with van der Waals surface area (Å²) >= 11 is 6.08. The molecule has 2 aromatic rings. The molecule has 28 heavy (non-hydrogen) atoms. The van der Waals surface area contributed by atoms with Crippen LogP contribution in [-0.4, -0.2) is 49.9 Å². The van der Waals surface area contributed by atoms with Crippen molar-refractivity contribution in [2.75, 3.05) is 38.5 Å². The highest BCUT2D eigenvalue weighted by Gasteiger charge is 2.19. The zero-order valence-corrected chi connectivity index (χ0v) is 17.3. The summed E-state index contributed by atoms with van der Waals surface area (Å²) in [6.45, 7) is 5.63. The Balaban J connectivity index is 2.01. The van der Waals surface area contributed by atoms with Crippen LogP contribution < -0.4 is 15.0 Å². The van der Waals surface area contributed by atoms with Crippen molar-refractivity contribution in [1.82, 2.24) is 4.90 Å². The third-order valence-electron chi connectivity index (χ3n) is 4.22. The van der Waals surface area contributed by atoms with Gasteiger partial charge in [-0.3, -0.25) is 9.59 Å². The van der Waals surface area contributed by atoms with Gasteiger partial charge >= 0.3 is 0 Å². The Morgan fingerprint density at radius 1 is 1.07 bits per heavy atom. The molecule has 2 rings (SSSR count). The maximum Gasteiger partial charge on any atom is 0.279 e. The lowest BCUT2D eigenvalue weighted by molar-refractivity contribution is -0.862. The number of anilines is 1. The maximum absolute atomic E-state index is 12.5. The molecule has 1 unspecified atom stereocenters. The van der Waals surface area contributed by atoms with Crippen molar-refractivity contribution in [3.8, 4) is 11.5 Å². The summed E-state index contributed by atoms with van der Waals surface area (Å²) in [4.78, 5) is 27.2. The van der Waals surface area contributed by atoms with E-state index in [1.54, 1.807) is 23.1 Å². The van der Waals surface area contributed by atoms with Crippen molar-refractivity contribution < 1.29 is 19.2 Å². The standard InChI is InChI=1S/C21H26ClN3O3/c1-4-25(5-2)21(27)15-24(3)14-20(26)23-18-13-16(22)11-12-19(18)28-17-9-7-6-8-10-17/h6-13H,4-5,14-15H2,1-3H3,(H,23,26)/p+1. The molecular weight excluding hydrogens is 378 g/mol. The van der Waals surface area contributed by atoms with E-state index in [9.17, 15) is 9.59 Å². The molecule has 0 radical (unpaired) electrons. The number of nitrogens with zero attached hydrogens (tertiary/aromatic N) is 1. The van der Waals surface area contributed by atoms with Crippen LogP contribution in [0, 0.1) is 0 Å². The van der Waals surface area contributed by atoms with Crippen LogP contribution in [0.25, 0.3) is 0 Å². The number of ether oxygens (including phenoxy) is 1. The van der Waals surface area contributed by atoms with Crippen molar-refractivity contribution in [2.24, 2.45) is 0 Å². The van der Waals surface area contributed by atoms with Crippen LogP contribution in [0.15, 0.2) is 48.5 Å². The summed E-state index contributed by atoms with van der Waals surface area (Å²) in [5.41, 5.74) is 0.490. The molecule has 0 saturated carbocycles.